The van der Waals surface area contributed by atoms with Crippen LogP contribution in [0.5, 0.6) is 5.75 Å². The average molecular weight is 309 g/mol. The number of nitrogens with zero attached hydrogens (tertiary/aromatic N) is 1. The second-order valence-corrected chi connectivity index (χ2v) is 5.05. The van der Waals surface area contributed by atoms with Crippen LogP contribution in [0.3, 0.4) is 0 Å². The SMILES string of the molecule is C/C(=N/NC(=S)NC(C)C)c1ccc(OCC(=O)O)cc1. The van der Waals surface area contributed by atoms with Crippen molar-refractivity contribution in [1.29, 1.82) is 0 Å². The van der Waals surface area contributed by atoms with E-state index in [1.807, 2.05) is 20.8 Å². The zero-order valence-electron chi connectivity index (χ0n) is 12.2. The number of hydrogen-bond acceptors (Lipinski definition) is 4. The van der Waals surface area contributed by atoms with Crippen molar-refractivity contribution in [1.82, 2.24) is 10.7 Å². The van der Waals surface area contributed by atoms with Gasteiger partial charge < -0.3 is 15.2 Å². The van der Waals surface area contributed by atoms with Gasteiger partial charge in [0.1, 0.15) is 5.75 Å². The highest BCUT2D eigenvalue weighted by atomic mass is 32.1. The lowest BCUT2D eigenvalue weighted by atomic mass is 10.1. The lowest BCUT2D eigenvalue weighted by Crippen LogP contribution is -2.37. The summed E-state index contributed by atoms with van der Waals surface area (Å²) in [6, 6.07) is 7.24. The predicted molar refractivity (Wildman–Crippen MR) is 85.8 cm³/mol. The van der Waals surface area contributed by atoms with E-state index in [9.17, 15) is 4.79 Å². The molecule has 1 aromatic carbocycles. The summed E-state index contributed by atoms with van der Waals surface area (Å²) in [7, 11) is 0. The number of hydrazone groups is 1. The molecule has 21 heavy (non-hydrogen) atoms. The molecule has 0 heterocycles. The van der Waals surface area contributed by atoms with Crippen molar-refractivity contribution < 1.29 is 14.6 Å². The summed E-state index contributed by atoms with van der Waals surface area (Å²) < 4.78 is 5.06. The normalized spacial score (nSPS) is 11.1. The summed E-state index contributed by atoms with van der Waals surface area (Å²) in [5.41, 5.74) is 4.41. The van der Waals surface area contributed by atoms with Gasteiger partial charge in [-0.2, -0.15) is 5.10 Å². The van der Waals surface area contributed by atoms with E-state index in [4.69, 9.17) is 22.1 Å². The van der Waals surface area contributed by atoms with Crippen LogP contribution in [-0.4, -0.2) is 34.5 Å². The zero-order valence-corrected chi connectivity index (χ0v) is 13.0. The minimum Gasteiger partial charge on any atom is -0.482 e. The van der Waals surface area contributed by atoms with Gasteiger partial charge in [-0.25, -0.2) is 4.79 Å². The molecule has 0 bridgehead atoms. The third kappa shape index (κ3) is 6.71. The summed E-state index contributed by atoms with van der Waals surface area (Å²) >= 11 is 5.07. The van der Waals surface area contributed by atoms with Crippen molar-refractivity contribution in [3.63, 3.8) is 0 Å². The Balaban J connectivity index is 2.59. The third-order valence-electron chi connectivity index (χ3n) is 2.38. The molecule has 0 atom stereocenters. The van der Waals surface area contributed by atoms with Gasteiger partial charge in [-0.3, -0.25) is 5.43 Å². The van der Waals surface area contributed by atoms with Gasteiger partial charge in [0, 0.05) is 6.04 Å². The highest BCUT2D eigenvalue weighted by Gasteiger charge is 2.02. The first-order chi connectivity index (χ1) is 9.88. The molecule has 0 aliphatic heterocycles. The fourth-order valence-corrected chi connectivity index (χ4v) is 1.71. The smallest absolute Gasteiger partial charge is 0.341 e. The molecular weight excluding hydrogens is 290 g/mol. The fourth-order valence-electron chi connectivity index (χ4n) is 1.43. The summed E-state index contributed by atoms with van der Waals surface area (Å²) in [5, 5.41) is 16.2. The van der Waals surface area contributed by atoms with Crippen LogP contribution < -0.4 is 15.5 Å². The molecule has 0 fully saturated rings. The van der Waals surface area contributed by atoms with Crippen LogP contribution in [0.2, 0.25) is 0 Å². The maximum absolute atomic E-state index is 10.4. The van der Waals surface area contributed by atoms with Crippen LogP contribution in [0, 0.1) is 0 Å². The molecule has 0 aliphatic rings. The molecule has 0 aliphatic carbocycles. The molecule has 7 heteroatoms. The summed E-state index contributed by atoms with van der Waals surface area (Å²) in [5.74, 6) is -0.508. The van der Waals surface area contributed by atoms with Gasteiger partial charge >= 0.3 is 5.97 Å². The van der Waals surface area contributed by atoms with Gasteiger partial charge in [0.05, 0.1) is 5.71 Å². The van der Waals surface area contributed by atoms with Crippen molar-refractivity contribution in [2.24, 2.45) is 5.10 Å². The molecule has 3 N–H and O–H groups in total. The molecular formula is C14H19N3O3S. The summed E-state index contributed by atoms with van der Waals surface area (Å²) in [6.07, 6.45) is 0. The first-order valence-corrected chi connectivity index (χ1v) is 6.85. The predicted octanol–water partition coefficient (Wildman–Crippen LogP) is 1.75. The minimum absolute atomic E-state index is 0.242. The molecule has 1 aromatic rings. The van der Waals surface area contributed by atoms with Crippen LogP contribution in [0.25, 0.3) is 0 Å². The Kier molecular flexibility index (Phi) is 6.61. The standard InChI is InChI=1S/C14H19N3O3S/c1-9(2)15-14(21)17-16-10(3)11-4-6-12(7-5-11)20-8-13(18)19/h4-7,9H,8H2,1-3H3,(H,18,19)(H2,15,17,21)/b16-10-. The van der Waals surface area contributed by atoms with Crippen molar-refractivity contribution in [2.75, 3.05) is 6.61 Å². The van der Waals surface area contributed by atoms with Crippen LogP contribution in [0.15, 0.2) is 29.4 Å². The molecule has 0 saturated carbocycles. The van der Waals surface area contributed by atoms with Crippen molar-refractivity contribution in [3.8, 4) is 5.75 Å². The van der Waals surface area contributed by atoms with E-state index in [0.29, 0.717) is 10.9 Å². The van der Waals surface area contributed by atoms with E-state index in [-0.39, 0.29) is 12.6 Å². The molecule has 0 amide bonds. The van der Waals surface area contributed by atoms with Gasteiger partial charge in [-0.05, 0) is 62.8 Å². The van der Waals surface area contributed by atoms with Gasteiger partial charge in [0.15, 0.2) is 11.7 Å². The topological polar surface area (TPSA) is 83.0 Å². The number of carboxylic acid groups (broad SMARTS) is 1. The van der Waals surface area contributed by atoms with E-state index in [0.717, 1.165) is 11.3 Å². The molecule has 0 aromatic heterocycles. The lowest BCUT2D eigenvalue weighted by molar-refractivity contribution is -0.139. The molecule has 0 unspecified atom stereocenters. The van der Waals surface area contributed by atoms with Crippen LogP contribution in [-0.2, 0) is 4.79 Å². The Hall–Kier alpha value is -2.15. The van der Waals surface area contributed by atoms with E-state index < -0.39 is 5.97 Å². The van der Waals surface area contributed by atoms with Gasteiger partial charge in [-0.1, -0.05) is 0 Å². The Morgan fingerprint density at radius 3 is 2.52 bits per heavy atom. The first kappa shape index (κ1) is 16.9. The van der Waals surface area contributed by atoms with E-state index in [1.165, 1.54) is 0 Å². The molecule has 1 rings (SSSR count). The second-order valence-electron chi connectivity index (χ2n) is 4.64. The Morgan fingerprint density at radius 2 is 2.00 bits per heavy atom. The van der Waals surface area contributed by atoms with E-state index >= 15 is 0 Å². The summed E-state index contributed by atoms with van der Waals surface area (Å²) in [6.45, 7) is 5.46. The van der Waals surface area contributed by atoms with Crippen LogP contribution in [0.1, 0.15) is 26.3 Å². The second kappa shape index (κ2) is 8.21. The highest BCUT2D eigenvalue weighted by molar-refractivity contribution is 7.80. The number of nitrogens with one attached hydrogen (secondary N) is 2. The average Bonchev–Trinajstić information content (AvgIpc) is 2.42. The number of thiocarbonyl (C=S) groups is 1. The lowest BCUT2D eigenvalue weighted by Gasteiger charge is -2.10. The molecule has 0 saturated heterocycles. The van der Waals surface area contributed by atoms with Gasteiger partial charge in [-0.15, -0.1) is 0 Å². The largest absolute Gasteiger partial charge is 0.482 e. The zero-order chi connectivity index (χ0) is 15.8. The number of aliphatic carboxylic acids is 1. The number of ether oxygens (including phenoxy) is 1. The third-order valence-corrected chi connectivity index (χ3v) is 2.59. The maximum atomic E-state index is 10.4. The highest BCUT2D eigenvalue weighted by Crippen LogP contribution is 2.12. The minimum atomic E-state index is -1.01. The summed E-state index contributed by atoms with van der Waals surface area (Å²) in [4.78, 5) is 10.4. The van der Waals surface area contributed by atoms with Gasteiger partial charge in [0.2, 0.25) is 0 Å². The molecule has 0 radical (unpaired) electrons. The number of benzene rings is 1. The number of rotatable bonds is 6. The van der Waals surface area contributed by atoms with Gasteiger partial charge in [0.25, 0.3) is 0 Å². The number of hydrogen-bond donors (Lipinski definition) is 3. The molecule has 0 spiro atoms. The quantitative estimate of drug-likeness (QED) is 0.422. The van der Waals surface area contributed by atoms with Crippen molar-refractivity contribution in [3.05, 3.63) is 29.8 Å². The van der Waals surface area contributed by atoms with E-state index in [1.54, 1.807) is 24.3 Å². The Morgan fingerprint density at radius 1 is 1.38 bits per heavy atom. The molecule has 114 valence electrons. The number of carbonyl (C=O) groups is 1. The monoisotopic (exact) mass is 309 g/mol. The van der Waals surface area contributed by atoms with E-state index in [2.05, 4.69) is 15.8 Å². The Bertz CT molecular complexity index is 527. The number of carboxylic acids is 1. The maximum Gasteiger partial charge on any atom is 0.341 e. The van der Waals surface area contributed by atoms with Crippen molar-refractivity contribution in [2.45, 2.75) is 26.8 Å². The van der Waals surface area contributed by atoms with Crippen LogP contribution in [0.4, 0.5) is 0 Å². The van der Waals surface area contributed by atoms with Crippen molar-refractivity contribution >= 4 is 29.0 Å². The fraction of sp³-hybridized carbons (Fsp3) is 0.357. The Labute approximate surface area is 129 Å². The van der Waals surface area contributed by atoms with Crippen LogP contribution >= 0.6 is 12.2 Å². The molecule has 6 nitrogen and oxygen atoms in total. The first-order valence-electron chi connectivity index (χ1n) is 6.44.